The summed E-state index contributed by atoms with van der Waals surface area (Å²) in [4.78, 5) is 0. The SMILES string of the molecule is CCCOc1cc(Oc2cc(C)ccc2C)ccc1N. The van der Waals surface area contributed by atoms with Gasteiger partial charge in [0.2, 0.25) is 0 Å². The molecule has 0 fully saturated rings. The average Bonchev–Trinajstić information content (AvgIpc) is 2.43. The molecule has 2 aromatic carbocycles. The van der Waals surface area contributed by atoms with E-state index in [-0.39, 0.29) is 0 Å². The predicted molar refractivity (Wildman–Crippen MR) is 82.6 cm³/mol. The Kier molecular flexibility index (Phi) is 4.51. The molecule has 3 nitrogen and oxygen atoms in total. The Balaban J connectivity index is 2.22. The zero-order valence-corrected chi connectivity index (χ0v) is 12.3. The molecule has 2 aromatic rings. The van der Waals surface area contributed by atoms with Crippen LogP contribution >= 0.6 is 0 Å². The lowest BCUT2D eigenvalue weighted by Gasteiger charge is -2.12. The van der Waals surface area contributed by atoms with Crippen LogP contribution in [0, 0.1) is 13.8 Å². The van der Waals surface area contributed by atoms with Crippen molar-refractivity contribution in [1.82, 2.24) is 0 Å². The van der Waals surface area contributed by atoms with E-state index in [0.717, 1.165) is 23.5 Å². The minimum absolute atomic E-state index is 0.631. The fourth-order valence-electron chi connectivity index (χ4n) is 1.86. The van der Waals surface area contributed by atoms with Gasteiger partial charge in [0.25, 0.3) is 0 Å². The van der Waals surface area contributed by atoms with E-state index < -0.39 is 0 Å². The molecule has 0 aromatic heterocycles. The first-order chi connectivity index (χ1) is 9.60. The fraction of sp³-hybridized carbons (Fsp3) is 0.294. The van der Waals surface area contributed by atoms with Crippen molar-refractivity contribution >= 4 is 5.69 Å². The molecule has 106 valence electrons. The van der Waals surface area contributed by atoms with Gasteiger partial charge in [0.15, 0.2) is 0 Å². The summed E-state index contributed by atoms with van der Waals surface area (Å²) in [5, 5.41) is 0. The van der Waals surface area contributed by atoms with Gasteiger partial charge in [-0.05, 0) is 49.6 Å². The highest BCUT2D eigenvalue weighted by Gasteiger charge is 2.06. The topological polar surface area (TPSA) is 44.5 Å². The van der Waals surface area contributed by atoms with E-state index in [1.165, 1.54) is 5.56 Å². The third-order valence-electron chi connectivity index (χ3n) is 3.02. The Bertz CT molecular complexity index is 594. The van der Waals surface area contributed by atoms with Crippen LogP contribution in [-0.4, -0.2) is 6.61 Å². The summed E-state index contributed by atoms with van der Waals surface area (Å²) in [6.07, 6.45) is 0.946. The lowest BCUT2D eigenvalue weighted by molar-refractivity contribution is 0.317. The molecule has 0 radical (unpaired) electrons. The molecule has 20 heavy (non-hydrogen) atoms. The molecule has 3 heteroatoms. The standard InChI is InChI=1S/C17H21NO2/c1-4-9-19-17-11-14(7-8-15(17)18)20-16-10-12(2)5-6-13(16)3/h5-8,10-11H,4,9,18H2,1-3H3. The van der Waals surface area contributed by atoms with Crippen molar-refractivity contribution in [1.29, 1.82) is 0 Å². The summed E-state index contributed by atoms with van der Waals surface area (Å²) in [5.41, 5.74) is 8.80. The van der Waals surface area contributed by atoms with Crippen molar-refractivity contribution in [3.63, 3.8) is 0 Å². The monoisotopic (exact) mass is 271 g/mol. The molecular formula is C17H21NO2. The van der Waals surface area contributed by atoms with Crippen LogP contribution in [0.15, 0.2) is 36.4 Å². The first kappa shape index (κ1) is 14.3. The summed E-state index contributed by atoms with van der Waals surface area (Å²) in [6.45, 7) is 6.79. The van der Waals surface area contributed by atoms with Crippen molar-refractivity contribution in [3.8, 4) is 17.2 Å². The van der Waals surface area contributed by atoms with Gasteiger partial charge in [0, 0.05) is 6.07 Å². The van der Waals surface area contributed by atoms with E-state index in [9.17, 15) is 0 Å². The Morgan fingerprint density at radius 2 is 1.80 bits per heavy atom. The van der Waals surface area contributed by atoms with Gasteiger partial charge in [-0.1, -0.05) is 19.1 Å². The highest BCUT2D eigenvalue weighted by atomic mass is 16.5. The molecule has 0 saturated carbocycles. The van der Waals surface area contributed by atoms with E-state index in [1.807, 2.05) is 38.1 Å². The van der Waals surface area contributed by atoms with Crippen LogP contribution in [0.2, 0.25) is 0 Å². The summed E-state index contributed by atoms with van der Waals surface area (Å²) in [7, 11) is 0. The van der Waals surface area contributed by atoms with E-state index in [4.69, 9.17) is 15.2 Å². The fourth-order valence-corrected chi connectivity index (χ4v) is 1.86. The minimum Gasteiger partial charge on any atom is -0.491 e. The van der Waals surface area contributed by atoms with Gasteiger partial charge in [-0.3, -0.25) is 0 Å². The molecule has 0 aliphatic heterocycles. The van der Waals surface area contributed by atoms with Crippen LogP contribution in [0.5, 0.6) is 17.2 Å². The van der Waals surface area contributed by atoms with E-state index in [0.29, 0.717) is 18.0 Å². The molecule has 0 bridgehead atoms. The van der Waals surface area contributed by atoms with Gasteiger partial charge in [-0.2, -0.15) is 0 Å². The Hall–Kier alpha value is -2.16. The van der Waals surface area contributed by atoms with E-state index in [1.54, 1.807) is 0 Å². The molecule has 2 N–H and O–H groups in total. The molecule has 0 aliphatic rings. The van der Waals surface area contributed by atoms with Crippen LogP contribution in [0.4, 0.5) is 5.69 Å². The zero-order valence-electron chi connectivity index (χ0n) is 12.3. The Labute approximate surface area is 120 Å². The summed E-state index contributed by atoms with van der Waals surface area (Å²) >= 11 is 0. The molecule has 0 aliphatic carbocycles. The largest absolute Gasteiger partial charge is 0.491 e. The summed E-state index contributed by atoms with van der Waals surface area (Å²) < 4.78 is 11.5. The lowest BCUT2D eigenvalue weighted by Crippen LogP contribution is -1.99. The van der Waals surface area contributed by atoms with Gasteiger partial charge in [-0.25, -0.2) is 0 Å². The summed E-state index contributed by atoms with van der Waals surface area (Å²) in [5.74, 6) is 2.27. The smallest absolute Gasteiger partial charge is 0.145 e. The third kappa shape index (κ3) is 3.44. The number of aryl methyl sites for hydroxylation is 2. The van der Waals surface area contributed by atoms with Crippen molar-refractivity contribution in [2.24, 2.45) is 0 Å². The molecular weight excluding hydrogens is 250 g/mol. The van der Waals surface area contributed by atoms with Gasteiger partial charge in [0.05, 0.1) is 12.3 Å². The normalized spacial score (nSPS) is 10.3. The molecule has 0 saturated heterocycles. The number of rotatable bonds is 5. The van der Waals surface area contributed by atoms with E-state index >= 15 is 0 Å². The number of ether oxygens (including phenoxy) is 2. The van der Waals surface area contributed by atoms with Gasteiger partial charge < -0.3 is 15.2 Å². The number of hydrogen-bond acceptors (Lipinski definition) is 3. The molecule has 0 unspecified atom stereocenters. The highest BCUT2D eigenvalue weighted by molar-refractivity contribution is 5.56. The van der Waals surface area contributed by atoms with E-state index in [2.05, 4.69) is 19.1 Å². The minimum atomic E-state index is 0.631. The average molecular weight is 271 g/mol. The highest BCUT2D eigenvalue weighted by Crippen LogP contribution is 2.31. The van der Waals surface area contributed by atoms with Crippen molar-refractivity contribution in [2.75, 3.05) is 12.3 Å². The number of benzene rings is 2. The number of anilines is 1. The molecule has 2 rings (SSSR count). The molecule has 0 atom stereocenters. The quantitative estimate of drug-likeness (QED) is 0.816. The van der Waals surface area contributed by atoms with Crippen LogP contribution < -0.4 is 15.2 Å². The first-order valence-corrected chi connectivity index (χ1v) is 6.87. The van der Waals surface area contributed by atoms with Crippen LogP contribution in [0.3, 0.4) is 0 Å². The third-order valence-corrected chi connectivity index (χ3v) is 3.02. The van der Waals surface area contributed by atoms with Gasteiger partial charge in [-0.15, -0.1) is 0 Å². The maximum Gasteiger partial charge on any atom is 0.145 e. The first-order valence-electron chi connectivity index (χ1n) is 6.87. The van der Waals surface area contributed by atoms with Crippen molar-refractivity contribution in [3.05, 3.63) is 47.5 Å². The number of nitrogens with two attached hydrogens (primary N) is 1. The van der Waals surface area contributed by atoms with Crippen LogP contribution in [0.1, 0.15) is 24.5 Å². The Morgan fingerprint density at radius 1 is 1.00 bits per heavy atom. The van der Waals surface area contributed by atoms with Crippen molar-refractivity contribution in [2.45, 2.75) is 27.2 Å². The number of hydrogen-bond donors (Lipinski definition) is 1. The van der Waals surface area contributed by atoms with Gasteiger partial charge >= 0.3 is 0 Å². The van der Waals surface area contributed by atoms with Gasteiger partial charge in [0.1, 0.15) is 17.2 Å². The number of nitrogen functional groups attached to an aromatic ring is 1. The second-order valence-electron chi connectivity index (χ2n) is 4.92. The maximum atomic E-state index is 5.93. The van der Waals surface area contributed by atoms with Crippen LogP contribution in [-0.2, 0) is 0 Å². The zero-order chi connectivity index (χ0) is 14.5. The predicted octanol–water partition coefficient (Wildman–Crippen LogP) is 4.47. The maximum absolute atomic E-state index is 5.93. The molecule has 0 heterocycles. The summed E-state index contributed by atoms with van der Waals surface area (Å²) in [6, 6.07) is 11.7. The molecule has 0 spiro atoms. The second kappa shape index (κ2) is 6.33. The lowest BCUT2D eigenvalue weighted by atomic mass is 10.1. The second-order valence-corrected chi connectivity index (χ2v) is 4.92. The van der Waals surface area contributed by atoms with Crippen LogP contribution in [0.25, 0.3) is 0 Å². The Morgan fingerprint density at radius 3 is 2.55 bits per heavy atom. The molecule has 0 amide bonds. The van der Waals surface area contributed by atoms with Crippen molar-refractivity contribution < 1.29 is 9.47 Å².